The molecule has 0 spiro atoms. The van der Waals surface area contributed by atoms with Gasteiger partial charge in [0.25, 0.3) is 5.24 Å². The van der Waals surface area contributed by atoms with Crippen molar-refractivity contribution in [2.75, 3.05) is 13.7 Å². The van der Waals surface area contributed by atoms with E-state index in [0.29, 0.717) is 11.3 Å². The molecular weight excluding hydrogens is 298 g/mol. The Morgan fingerprint density at radius 1 is 1.38 bits per heavy atom. The molecule has 0 aliphatic carbocycles. The van der Waals surface area contributed by atoms with Crippen LogP contribution in [0.25, 0.3) is 0 Å². The van der Waals surface area contributed by atoms with Gasteiger partial charge < -0.3 is 14.6 Å². The zero-order valence-electron chi connectivity index (χ0n) is 11.1. The molecule has 2 N–H and O–H groups in total. The van der Waals surface area contributed by atoms with Crippen molar-refractivity contribution in [3.8, 4) is 5.75 Å². The predicted molar refractivity (Wildman–Crippen MR) is 74.2 cm³/mol. The van der Waals surface area contributed by atoms with Gasteiger partial charge in [-0.25, -0.2) is 4.79 Å². The van der Waals surface area contributed by atoms with Gasteiger partial charge >= 0.3 is 5.97 Å². The van der Waals surface area contributed by atoms with E-state index in [1.165, 1.54) is 7.11 Å². The summed E-state index contributed by atoms with van der Waals surface area (Å²) in [7, 11) is 1.52. The molecule has 1 aliphatic heterocycles. The molecule has 112 valence electrons. The normalized spacial score (nSPS) is 19.2. The van der Waals surface area contributed by atoms with Crippen LogP contribution < -0.4 is 10.1 Å². The van der Waals surface area contributed by atoms with Gasteiger partial charge in [-0.05, 0) is 29.5 Å². The quantitative estimate of drug-likeness (QED) is 0.813. The van der Waals surface area contributed by atoms with Gasteiger partial charge in [0, 0.05) is 0 Å². The molecule has 2 unspecified atom stereocenters. The fourth-order valence-corrected chi connectivity index (χ4v) is 2.80. The van der Waals surface area contributed by atoms with E-state index in [9.17, 15) is 14.4 Å². The minimum atomic E-state index is -1.15. The Labute approximate surface area is 124 Å². The molecule has 1 saturated heterocycles. The number of aliphatic carboxylic acids is 1. The van der Waals surface area contributed by atoms with Crippen molar-refractivity contribution in [3.05, 3.63) is 29.8 Å². The minimum absolute atomic E-state index is 0.470. The number of benzene rings is 1. The van der Waals surface area contributed by atoms with Crippen LogP contribution in [0.2, 0.25) is 0 Å². The Bertz CT molecular complexity index is 558. The van der Waals surface area contributed by atoms with Crippen LogP contribution in [0.1, 0.15) is 11.7 Å². The summed E-state index contributed by atoms with van der Waals surface area (Å²) in [6, 6.07) is 6.68. The van der Waals surface area contributed by atoms with Crippen molar-refractivity contribution in [3.63, 3.8) is 0 Å². The molecule has 1 heterocycles. The van der Waals surface area contributed by atoms with Gasteiger partial charge in [-0.1, -0.05) is 12.1 Å². The second-order valence-electron chi connectivity index (χ2n) is 4.21. The predicted octanol–water partition coefficient (Wildman–Crippen LogP) is 1.19. The molecule has 1 aromatic carbocycles. The largest absolute Gasteiger partial charge is 0.497 e. The number of carbonyl (C=O) groups excluding carboxylic acids is 2. The molecule has 0 aromatic heterocycles. The fourth-order valence-electron chi connectivity index (χ4n) is 1.88. The zero-order chi connectivity index (χ0) is 15.4. The number of thioether (sulfide) groups is 1. The van der Waals surface area contributed by atoms with E-state index in [4.69, 9.17) is 14.6 Å². The molecule has 21 heavy (non-hydrogen) atoms. The number of amides is 2. The highest BCUT2D eigenvalue weighted by molar-refractivity contribution is 8.15. The van der Waals surface area contributed by atoms with E-state index in [-0.39, 0.29) is 0 Å². The lowest BCUT2D eigenvalue weighted by atomic mass is 10.1. The number of carboxylic acids is 1. The number of rotatable bonds is 6. The number of nitrogens with one attached hydrogen (secondary N) is 1. The number of carboxylic acid groups (broad SMARTS) is 1. The van der Waals surface area contributed by atoms with Crippen LogP contribution in [0.5, 0.6) is 5.75 Å². The van der Waals surface area contributed by atoms with Crippen molar-refractivity contribution in [1.29, 1.82) is 0 Å². The highest BCUT2D eigenvalue weighted by atomic mass is 32.2. The Balaban J connectivity index is 2.23. The molecule has 8 heteroatoms. The molecule has 7 nitrogen and oxygen atoms in total. The lowest BCUT2D eigenvalue weighted by molar-refractivity contribution is -0.145. The standard InChI is InChI=1S/C13H13NO6S/c1-19-8-4-2-7(3-5-8)10(20-6-9(15)16)11-12(17)14-13(18)21-11/h2-5,10-11H,6H2,1H3,(H,15,16)(H,14,17,18). The third kappa shape index (κ3) is 3.73. The summed E-state index contributed by atoms with van der Waals surface area (Å²) in [5.74, 6) is -1.02. The van der Waals surface area contributed by atoms with Crippen molar-refractivity contribution < 1.29 is 29.0 Å². The highest BCUT2D eigenvalue weighted by Crippen LogP contribution is 2.34. The summed E-state index contributed by atoms with van der Waals surface area (Å²) in [5, 5.41) is 9.61. The van der Waals surface area contributed by atoms with Crippen LogP contribution >= 0.6 is 11.8 Å². The molecular formula is C13H13NO6S. The van der Waals surface area contributed by atoms with Crippen LogP contribution in [0.15, 0.2) is 24.3 Å². The first kappa shape index (κ1) is 15.3. The number of methoxy groups -OCH3 is 1. The second kappa shape index (κ2) is 6.59. The molecule has 2 amide bonds. The topological polar surface area (TPSA) is 102 Å². The summed E-state index contributed by atoms with van der Waals surface area (Å²) in [6.07, 6.45) is -0.830. The number of hydrogen-bond acceptors (Lipinski definition) is 6. The van der Waals surface area contributed by atoms with Gasteiger partial charge in [-0.2, -0.15) is 0 Å². The first-order chi connectivity index (χ1) is 10.0. The van der Waals surface area contributed by atoms with E-state index in [1.807, 2.05) is 0 Å². The van der Waals surface area contributed by atoms with Gasteiger partial charge in [-0.3, -0.25) is 14.9 Å². The average molecular weight is 311 g/mol. The number of ether oxygens (including phenoxy) is 2. The molecule has 2 atom stereocenters. The number of imide groups is 1. The molecule has 1 aromatic rings. The molecule has 0 radical (unpaired) electrons. The van der Waals surface area contributed by atoms with Crippen LogP contribution in [0.4, 0.5) is 4.79 Å². The maximum absolute atomic E-state index is 11.8. The van der Waals surface area contributed by atoms with E-state index in [1.54, 1.807) is 24.3 Å². The number of hydrogen-bond donors (Lipinski definition) is 2. The zero-order valence-corrected chi connectivity index (χ0v) is 11.9. The van der Waals surface area contributed by atoms with Crippen LogP contribution in [0, 0.1) is 0 Å². The summed E-state index contributed by atoms with van der Waals surface area (Å²) in [5.41, 5.74) is 0.597. The molecule has 0 bridgehead atoms. The van der Waals surface area contributed by atoms with Gasteiger partial charge in [-0.15, -0.1) is 0 Å². The molecule has 2 rings (SSSR count). The van der Waals surface area contributed by atoms with E-state index < -0.39 is 35.1 Å². The van der Waals surface area contributed by atoms with E-state index in [0.717, 1.165) is 11.8 Å². The summed E-state index contributed by atoms with van der Waals surface area (Å²) in [4.78, 5) is 33.7. The Hall–Kier alpha value is -2.06. The first-order valence-electron chi connectivity index (χ1n) is 6.00. The lowest BCUT2D eigenvalue weighted by Crippen LogP contribution is -2.30. The summed E-state index contributed by atoms with van der Waals surface area (Å²) >= 11 is 0.789. The van der Waals surface area contributed by atoms with Crippen molar-refractivity contribution >= 4 is 28.9 Å². The number of carbonyl (C=O) groups is 3. The Morgan fingerprint density at radius 2 is 2.05 bits per heavy atom. The van der Waals surface area contributed by atoms with Crippen molar-refractivity contribution in [1.82, 2.24) is 5.32 Å². The van der Waals surface area contributed by atoms with E-state index in [2.05, 4.69) is 5.32 Å². The molecule has 1 fully saturated rings. The SMILES string of the molecule is COc1ccc(C(OCC(=O)O)C2SC(=O)NC2=O)cc1. The third-order valence-corrected chi connectivity index (χ3v) is 3.85. The minimum Gasteiger partial charge on any atom is -0.497 e. The summed E-state index contributed by atoms with van der Waals surface area (Å²) < 4.78 is 10.3. The average Bonchev–Trinajstić information content (AvgIpc) is 2.78. The van der Waals surface area contributed by atoms with Gasteiger partial charge in [0.05, 0.1) is 7.11 Å². The van der Waals surface area contributed by atoms with Gasteiger partial charge in [0.2, 0.25) is 5.91 Å². The lowest BCUT2D eigenvalue weighted by Gasteiger charge is -2.20. The van der Waals surface area contributed by atoms with Crippen molar-refractivity contribution in [2.24, 2.45) is 0 Å². The maximum Gasteiger partial charge on any atom is 0.329 e. The fraction of sp³-hybridized carbons (Fsp3) is 0.308. The monoisotopic (exact) mass is 311 g/mol. The third-order valence-electron chi connectivity index (χ3n) is 2.82. The highest BCUT2D eigenvalue weighted by Gasteiger charge is 2.39. The molecule has 1 aliphatic rings. The molecule has 0 saturated carbocycles. The Morgan fingerprint density at radius 3 is 2.52 bits per heavy atom. The van der Waals surface area contributed by atoms with Gasteiger partial charge in [0.1, 0.15) is 23.7 Å². The summed E-state index contributed by atoms with van der Waals surface area (Å²) in [6.45, 7) is -0.560. The smallest absolute Gasteiger partial charge is 0.329 e. The van der Waals surface area contributed by atoms with Crippen LogP contribution in [-0.4, -0.2) is 41.2 Å². The second-order valence-corrected chi connectivity index (χ2v) is 5.33. The van der Waals surface area contributed by atoms with Crippen LogP contribution in [0.3, 0.4) is 0 Å². The van der Waals surface area contributed by atoms with E-state index >= 15 is 0 Å². The Kier molecular flexibility index (Phi) is 4.81. The van der Waals surface area contributed by atoms with Crippen molar-refractivity contribution in [2.45, 2.75) is 11.4 Å². The van der Waals surface area contributed by atoms with Gasteiger partial charge in [0.15, 0.2) is 0 Å². The maximum atomic E-state index is 11.8. The first-order valence-corrected chi connectivity index (χ1v) is 6.88. The van der Waals surface area contributed by atoms with Crippen LogP contribution in [-0.2, 0) is 14.3 Å².